The van der Waals surface area contributed by atoms with E-state index in [4.69, 9.17) is 27.9 Å². The molecule has 1 saturated carbocycles. The molecule has 0 unspecified atom stereocenters. The van der Waals surface area contributed by atoms with Gasteiger partial charge in [0, 0.05) is 22.6 Å². The molecule has 12 heteroatoms. The van der Waals surface area contributed by atoms with Crippen molar-refractivity contribution in [2.45, 2.75) is 62.1 Å². The Morgan fingerprint density at radius 3 is 2.37 bits per heavy atom. The van der Waals surface area contributed by atoms with Gasteiger partial charge in [-0.1, -0.05) is 59.6 Å². The molecule has 228 valence electrons. The van der Waals surface area contributed by atoms with Crippen LogP contribution < -0.4 is 4.31 Å². The van der Waals surface area contributed by atoms with Crippen LogP contribution in [0.2, 0.25) is 10.0 Å². The Hall–Kier alpha value is -3.18. The number of halogens is 3. The number of rotatable bonds is 11. The Kier molecular flexibility index (Phi) is 9.31. The molecule has 0 radical (unpaired) electrons. The topological polar surface area (TPSA) is 104 Å². The van der Waals surface area contributed by atoms with E-state index in [2.05, 4.69) is 0 Å². The van der Waals surface area contributed by atoms with Crippen LogP contribution in [0, 0.1) is 5.82 Å². The Balaban J connectivity index is 1.54. The predicted octanol–water partition coefficient (Wildman–Crippen LogP) is 6.39. The SMILES string of the molecule is C[C@@H](CCN(c1ccccc1F)S(=O)(=O)C1CC1)N1C(=O)[C@@H](CC(=O)O)O[C@H](c2cccc(Cl)c2)[C@H]1c1ccc(Cl)cc1. The summed E-state index contributed by atoms with van der Waals surface area (Å²) in [6.45, 7) is 1.67. The number of carboxylic acid groups (broad SMARTS) is 1. The van der Waals surface area contributed by atoms with Gasteiger partial charge in [0.15, 0.2) is 0 Å². The molecule has 0 aromatic heterocycles. The van der Waals surface area contributed by atoms with Gasteiger partial charge in [0.05, 0.1) is 23.4 Å². The zero-order valence-corrected chi connectivity index (χ0v) is 25.6. The Morgan fingerprint density at radius 2 is 1.74 bits per heavy atom. The number of carboxylic acids is 1. The second-order valence-electron chi connectivity index (χ2n) is 10.8. The average Bonchev–Trinajstić information content (AvgIpc) is 3.82. The first-order valence-corrected chi connectivity index (χ1v) is 16.2. The second kappa shape index (κ2) is 12.8. The predicted molar refractivity (Wildman–Crippen MR) is 162 cm³/mol. The molecule has 2 aliphatic rings. The van der Waals surface area contributed by atoms with Crippen LogP contribution in [0.3, 0.4) is 0 Å². The van der Waals surface area contributed by atoms with E-state index in [1.807, 2.05) is 0 Å². The minimum atomic E-state index is -3.84. The second-order valence-corrected chi connectivity index (χ2v) is 13.9. The van der Waals surface area contributed by atoms with Gasteiger partial charge in [0.2, 0.25) is 10.0 Å². The van der Waals surface area contributed by atoms with Gasteiger partial charge >= 0.3 is 5.97 Å². The summed E-state index contributed by atoms with van der Waals surface area (Å²) >= 11 is 12.5. The summed E-state index contributed by atoms with van der Waals surface area (Å²) in [5, 5.41) is 9.95. The van der Waals surface area contributed by atoms with Gasteiger partial charge in [0.25, 0.3) is 5.91 Å². The first-order chi connectivity index (χ1) is 20.5. The average molecular weight is 650 g/mol. The zero-order valence-electron chi connectivity index (χ0n) is 23.3. The lowest BCUT2D eigenvalue weighted by Crippen LogP contribution is -2.55. The molecule has 4 atom stereocenters. The lowest BCUT2D eigenvalue weighted by Gasteiger charge is -2.47. The number of benzene rings is 3. The summed E-state index contributed by atoms with van der Waals surface area (Å²) in [6.07, 6.45) is -1.53. The number of anilines is 1. The fourth-order valence-corrected chi connectivity index (χ4v) is 7.71. The lowest BCUT2D eigenvalue weighted by molar-refractivity contribution is -0.182. The van der Waals surface area contributed by atoms with Crippen LogP contribution in [-0.2, 0) is 24.3 Å². The summed E-state index contributed by atoms with van der Waals surface area (Å²) in [5.41, 5.74) is 1.27. The van der Waals surface area contributed by atoms with Crippen LogP contribution in [-0.4, -0.2) is 54.2 Å². The molecule has 43 heavy (non-hydrogen) atoms. The van der Waals surface area contributed by atoms with Gasteiger partial charge in [-0.15, -0.1) is 0 Å². The first kappa shape index (κ1) is 31.3. The number of amides is 1. The molecule has 1 aliphatic heterocycles. The van der Waals surface area contributed by atoms with Crippen molar-refractivity contribution in [3.63, 3.8) is 0 Å². The summed E-state index contributed by atoms with van der Waals surface area (Å²) in [6, 6.07) is 18.2. The largest absolute Gasteiger partial charge is 0.481 e. The minimum Gasteiger partial charge on any atom is -0.481 e. The molecule has 3 aromatic carbocycles. The van der Waals surface area contributed by atoms with Gasteiger partial charge < -0.3 is 14.7 Å². The zero-order chi connectivity index (χ0) is 30.9. The normalized spacial score (nSPS) is 21.4. The van der Waals surface area contributed by atoms with Crippen molar-refractivity contribution in [1.29, 1.82) is 0 Å². The third-order valence-electron chi connectivity index (χ3n) is 7.77. The third kappa shape index (κ3) is 6.82. The highest BCUT2D eigenvalue weighted by molar-refractivity contribution is 7.93. The van der Waals surface area contributed by atoms with Crippen molar-refractivity contribution in [1.82, 2.24) is 4.90 Å². The third-order valence-corrected chi connectivity index (χ3v) is 10.6. The highest BCUT2D eigenvalue weighted by Crippen LogP contribution is 2.45. The Labute approximate surface area is 260 Å². The van der Waals surface area contributed by atoms with Crippen molar-refractivity contribution in [2.75, 3.05) is 10.8 Å². The standard InChI is InChI=1S/C31H31Cl2FN2O6S/c1-19(15-16-35(43(40,41)24-13-14-24)26-8-3-2-7-25(26)34)36-29(20-9-11-22(32)12-10-20)30(21-5-4-6-23(33)17-21)42-27(31(36)39)18-28(37)38/h2-12,17,19,24,27,29-30H,13-16,18H2,1H3,(H,37,38)/t19-,27+,29+,30+/m0/s1. The number of sulfonamides is 1. The maximum absolute atomic E-state index is 14.9. The fraction of sp³-hybridized carbons (Fsp3) is 0.355. The van der Waals surface area contributed by atoms with E-state index >= 15 is 0 Å². The van der Waals surface area contributed by atoms with Crippen molar-refractivity contribution in [2.24, 2.45) is 0 Å². The van der Waals surface area contributed by atoms with E-state index in [9.17, 15) is 27.5 Å². The molecule has 1 N–H and O–H groups in total. The van der Waals surface area contributed by atoms with Crippen LogP contribution in [0.4, 0.5) is 10.1 Å². The molecule has 1 amide bonds. The maximum Gasteiger partial charge on any atom is 0.306 e. The van der Waals surface area contributed by atoms with Crippen molar-refractivity contribution < 1.29 is 32.2 Å². The number of morpholine rings is 1. The highest BCUT2D eigenvalue weighted by Gasteiger charge is 2.47. The van der Waals surface area contributed by atoms with Crippen molar-refractivity contribution in [3.05, 3.63) is 99.8 Å². The molecular weight excluding hydrogens is 618 g/mol. The molecule has 2 fully saturated rings. The highest BCUT2D eigenvalue weighted by atomic mass is 35.5. The van der Waals surface area contributed by atoms with Gasteiger partial charge in [-0.05, 0) is 73.7 Å². The number of hydrogen-bond donors (Lipinski definition) is 1. The number of hydrogen-bond acceptors (Lipinski definition) is 5. The molecular formula is C31H31Cl2FN2O6S. The Bertz CT molecular complexity index is 1600. The smallest absolute Gasteiger partial charge is 0.306 e. The molecule has 3 aromatic rings. The number of aliphatic carboxylic acids is 1. The Morgan fingerprint density at radius 1 is 1.05 bits per heavy atom. The summed E-state index contributed by atoms with van der Waals surface area (Å²) in [7, 11) is -3.84. The number of carbonyl (C=O) groups is 2. The molecule has 0 spiro atoms. The van der Waals surface area contributed by atoms with Gasteiger partial charge in [-0.25, -0.2) is 12.8 Å². The summed E-state index contributed by atoms with van der Waals surface area (Å²) in [4.78, 5) is 27.3. The molecule has 0 bridgehead atoms. The lowest BCUT2D eigenvalue weighted by atomic mass is 9.89. The number of ether oxygens (including phenoxy) is 1. The van der Waals surface area contributed by atoms with Crippen LogP contribution in [0.1, 0.15) is 55.9 Å². The monoisotopic (exact) mass is 648 g/mol. The summed E-state index contributed by atoms with van der Waals surface area (Å²) < 4.78 is 49.1. The molecule has 1 saturated heterocycles. The van der Waals surface area contributed by atoms with Crippen LogP contribution in [0.5, 0.6) is 0 Å². The van der Waals surface area contributed by atoms with Gasteiger partial charge in [-0.3, -0.25) is 13.9 Å². The fourth-order valence-electron chi connectivity index (χ4n) is 5.51. The minimum absolute atomic E-state index is 0.0512. The maximum atomic E-state index is 14.9. The van der Waals surface area contributed by atoms with Crippen LogP contribution in [0.15, 0.2) is 72.8 Å². The quantitative estimate of drug-likeness (QED) is 0.258. The van der Waals surface area contributed by atoms with E-state index < -0.39 is 63.7 Å². The van der Waals surface area contributed by atoms with E-state index in [1.54, 1.807) is 66.4 Å². The van der Waals surface area contributed by atoms with Crippen molar-refractivity contribution in [3.8, 4) is 0 Å². The number of carbonyl (C=O) groups excluding carboxylic acids is 1. The molecule has 5 rings (SSSR count). The van der Waals surface area contributed by atoms with Gasteiger partial charge in [-0.2, -0.15) is 0 Å². The van der Waals surface area contributed by atoms with E-state index in [0.717, 1.165) is 4.31 Å². The van der Waals surface area contributed by atoms with Crippen molar-refractivity contribution >= 4 is 50.8 Å². The van der Waals surface area contributed by atoms with E-state index in [1.165, 1.54) is 18.2 Å². The van der Waals surface area contributed by atoms with E-state index in [-0.39, 0.29) is 18.7 Å². The molecule has 8 nitrogen and oxygen atoms in total. The van der Waals surface area contributed by atoms with Gasteiger partial charge in [0.1, 0.15) is 18.0 Å². The number of para-hydroxylation sites is 1. The first-order valence-electron chi connectivity index (χ1n) is 13.9. The molecule has 1 heterocycles. The van der Waals surface area contributed by atoms with Crippen LogP contribution in [0.25, 0.3) is 0 Å². The summed E-state index contributed by atoms with van der Waals surface area (Å²) in [5.74, 6) is -2.42. The van der Waals surface area contributed by atoms with E-state index in [0.29, 0.717) is 34.0 Å². The van der Waals surface area contributed by atoms with Crippen LogP contribution >= 0.6 is 23.2 Å². The number of nitrogens with zero attached hydrogens (tertiary/aromatic N) is 2. The molecule has 1 aliphatic carbocycles.